The minimum absolute atomic E-state index is 0.490. The number of hydrogen-bond donors (Lipinski definition) is 1. The number of ether oxygens (including phenoxy) is 1. The minimum Gasteiger partial charge on any atom is -0.479 e. The number of carboxylic acids is 1. The Morgan fingerprint density at radius 3 is 2.73 bits per heavy atom. The van der Waals surface area contributed by atoms with E-state index in [1.165, 1.54) is 0 Å². The summed E-state index contributed by atoms with van der Waals surface area (Å²) in [5, 5.41) is 9.38. The molecule has 2 rings (SSSR count). The van der Waals surface area contributed by atoms with Gasteiger partial charge in [0.25, 0.3) is 0 Å². The molecule has 5 heteroatoms. The molecule has 0 bridgehead atoms. The smallest absolute Gasteiger partial charge is 0.330 e. The van der Waals surface area contributed by atoms with Gasteiger partial charge in [0, 0.05) is 38.4 Å². The zero-order chi connectivity index (χ0) is 10.9. The molecule has 0 amide bonds. The molecule has 0 radical (unpaired) electrons. The number of imidazole rings is 1. The lowest BCUT2D eigenvalue weighted by Gasteiger charge is -2.35. The van der Waals surface area contributed by atoms with Crippen molar-refractivity contribution in [1.29, 1.82) is 0 Å². The minimum atomic E-state index is -0.862. The van der Waals surface area contributed by atoms with Crippen LogP contribution in [0.1, 0.15) is 18.7 Å². The molecule has 0 atom stereocenters. The van der Waals surface area contributed by atoms with Gasteiger partial charge in [-0.15, -0.1) is 0 Å². The Morgan fingerprint density at radius 2 is 2.27 bits per heavy atom. The molecule has 0 unspecified atom stereocenters. The summed E-state index contributed by atoms with van der Waals surface area (Å²) in [6.45, 7) is 2.80. The van der Waals surface area contributed by atoms with Crippen molar-refractivity contribution >= 4 is 5.97 Å². The molecule has 5 nitrogen and oxygen atoms in total. The van der Waals surface area contributed by atoms with E-state index in [1.54, 1.807) is 17.0 Å². The molecule has 0 spiro atoms. The molecule has 0 saturated carbocycles. The molecule has 1 aromatic rings. The Labute approximate surface area is 87.7 Å². The molecule has 1 aromatic heterocycles. The topological polar surface area (TPSA) is 64.4 Å². The molecule has 15 heavy (non-hydrogen) atoms. The highest BCUT2D eigenvalue weighted by Crippen LogP contribution is 2.30. The van der Waals surface area contributed by atoms with E-state index >= 15 is 0 Å². The summed E-state index contributed by atoms with van der Waals surface area (Å²) in [5.74, 6) is -0.0637. The average molecular weight is 210 g/mol. The number of rotatable bonds is 2. The van der Waals surface area contributed by atoms with Gasteiger partial charge in [0.2, 0.25) is 0 Å². The van der Waals surface area contributed by atoms with Crippen LogP contribution in [-0.2, 0) is 15.1 Å². The second-order valence-corrected chi connectivity index (χ2v) is 3.79. The molecule has 1 fully saturated rings. The maximum absolute atomic E-state index is 11.4. The van der Waals surface area contributed by atoms with Gasteiger partial charge in [0.1, 0.15) is 11.4 Å². The van der Waals surface area contributed by atoms with Crippen LogP contribution in [0.15, 0.2) is 12.4 Å². The van der Waals surface area contributed by atoms with E-state index in [9.17, 15) is 9.90 Å². The molecule has 82 valence electrons. The van der Waals surface area contributed by atoms with Crippen molar-refractivity contribution in [2.75, 3.05) is 13.2 Å². The number of hydrogen-bond acceptors (Lipinski definition) is 3. The summed E-state index contributed by atoms with van der Waals surface area (Å²) < 4.78 is 6.96. The Balaban J connectivity index is 2.42. The maximum Gasteiger partial charge on any atom is 0.330 e. The first kappa shape index (κ1) is 10.2. The lowest BCUT2D eigenvalue weighted by molar-refractivity contribution is -0.153. The molecular formula is C10H14N2O3. The first-order chi connectivity index (χ1) is 7.17. The van der Waals surface area contributed by atoms with E-state index in [0.29, 0.717) is 26.1 Å². The largest absolute Gasteiger partial charge is 0.479 e. The number of aromatic nitrogens is 2. The zero-order valence-electron chi connectivity index (χ0n) is 8.64. The van der Waals surface area contributed by atoms with E-state index in [0.717, 1.165) is 5.82 Å². The third-order valence-electron chi connectivity index (χ3n) is 3.00. The van der Waals surface area contributed by atoms with Crippen LogP contribution in [0.25, 0.3) is 0 Å². The summed E-state index contributed by atoms with van der Waals surface area (Å²) in [6.07, 6.45) is 4.36. The second-order valence-electron chi connectivity index (χ2n) is 3.79. The highest BCUT2D eigenvalue weighted by atomic mass is 16.5. The van der Waals surface area contributed by atoms with Gasteiger partial charge in [0.15, 0.2) is 0 Å². The van der Waals surface area contributed by atoms with Crippen LogP contribution in [0, 0.1) is 6.92 Å². The van der Waals surface area contributed by atoms with Crippen LogP contribution in [0.5, 0.6) is 0 Å². The quantitative estimate of drug-likeness (QED) is 0.783. The Bertz CT molecular complexity index is 366. The van der Waals surface area contributed by atoms with Crippen LogP contribution >= 0.6 is 0 Å². The van der Waals surface area contributed by atoms with Gasteiger partial charge in [-0.2, -0.15) is 0 Å². The average Bonchev–Trinajstić information content (AvgIpc) is 2.66. The highest BCUT2D eigenvalue weighted by Gasteiger charge is 2.42. The van der Waals surface area contributed by atoms with E-state index in [2.05, 4.69) is 4.98 Å². The van der Waals surface area contributed by atoms with E-state index < -0.39 is 11.5 Å². The van der Waals surface area contributed by atoms with Crippen molar-refractivity contribution in [1.82, 2.24) is 9.55 Å². The Morgan fingerprint density at radius 1 is 1.60 bits per heavy atom. The van der Waals surface area contributed by atoms with Gasteiger partial charge in [-0.1, -0.05) is 0 Å². The van der Waals surface area contributed by atoms with E-state index in [-0.39, 0.29) is 0 Å². The number of carbonyl (C=O) groups is 1. The van der Waals surface area contributed by atoms with Gasteiger partial charge in [-0.05, 0) is 6.92 Å². The van der Waals surface area contributed by atoms with Gasteiger partial charge < -0.3 is 14.4 Å². The van der Waals surface area contributed by atoms with Crippen molar-refractivity contribution < 1.29 is 14.6 Å². The number of carboxylic acid groups (broad SMARTS) is 1. The number of aryl methyl sites for hydroxylation is 1. The molecular weight excluding hydrogens is 196 g/mol. The Hall–Kier alpha value is -1.36. The van der Waals surface area contributed by atoms with Crippen LogP contribution in [0.4, 0.5) is 0 Å². The summed E-state index contributed by atoms with van der Waals surface area (Å²) in [7, 11) is 0. The molecule has 1 N–H and O–H groups in total. The fraction of sp³-hybridized carbons (Fsp3) is 0.600. The molecule has 0 aliphatic carbocycles. The predicted molar refractivity (Wildman–Crippen MR) is 52.6 cm³/mol. The summed E-state index contributed by atoms with van der Waals surface area (Å²) in [6, 6.07) is 0. The van der Waals surface area contributed by atoms with Gasteiger partial charge in [0.05, 0.1) is 0 Å². The van der Waals surface area contributed by atoms with Crippen LogP contribution < -0.4 is 0 Å². The van der Waals surface area contributed by atoms with Crippen molar-refractivity contribution in [2.45, 2.75) is 25.3 Å². The third kappa shape index (κ3) is 1.52. The zero-order valence-corrected chi connectivity index (χ0v) is 8.64. The van der Waals surface area contributed by atoms with Gasteiger partial charge in [-0.25, -0.2) is 9.78 Å². The Kier molecular flexibility index (Phi) is 2.48. The van der Waals surface area contributed by atoms with Crippen LogP contribution in [0.2, 0.25) is 0 Å². The third-order valence-corrected chi connectivity index (χ3v) is 3.00. The van der Waals surface area contributed by atoms with Gasteiger partial charge >= 0.3 is 5.97 Å². The summed E-state index contributed by atoms with van der Waals surface area (Å²) >= 11 is 0. The monoisotopic (exact) mass is 210 g/mol. The number of nitrogens with zero attached hydrogens (tertiary/aromatic N) is 2. The SMILES string of the molecule is Cc1nccn1C1(C(=O)O)CCOCC1. The molecule has 1 aliphatic heterocycles. The van der Waals surface area contributed by atoms with Crippen molar-refractivity contribution in [2.24, 2.45) is 0 Å². The lowest BCUT2D eigenvalue weighted by Crippen LogP contribution is -2.46. The lowest BCUT2D eigenvalue weighted by atomic mass is 9.89. The molecule has 2 heterocycles. The molecule has 0 aromatic carbocycles. The summed E-state index contributed by atoms with van der Waals surface area (Å²) in [5.41, 5.74) is -0.862. The van der Waals surface area contributed by atoms with Crippen molar-refractivity contribution in [3.63, 3.8) is 0 Å². The van der Waals surface area contributed by atoms with Gasteiger partial charge in [-0.3, -0.25) is 0 Å². The maximum atomic E-state index is 11.4. The first-order valence-electron chi connectivity index (χ1n) is 4.98. The fourth-order valence-corrected chi connectivity index (χ4v) is 2.10. The van der Waals surface area contributed by atoms with Crippen molar-refractivity contribution in [3.05, 3.63) is 18.2 Å². The second kappa shape index (κ2) is 3.66. The molecule has 1 aliphatic rings. The van der Waals surface area contributed by atoms with Crippen molar-refractivity contribution in [3.8, 4) is 0 Å². The van der Waals surface area contributed by atoms with E-state index in [1.807, 2.05) is 6.92 Å². The van der Waals surface area contributed by atoms with E-state index in [4.69, 9.17) is 4.74 Å². The standard InChI is InChI=1S/C10H14N2O3/c1-8-11-4-5-12(8)10(9(13)14)2-6-15-7-3-10/h4-5H,2-3,6-7H2,1H3,(H,13,14). The highest BCUT2D eigenvalue weighted by molar-refractivity contribution is 5.77. The van der Waals surface area contributed by atoms with Crippen LogP contribution in [-0.4, -0.2) is 33.8 Å². The normalized spacial score (nSPS) is 20.1. The first-order valence-corrected chi connectivity index (χ1v) is 4.98. The summed E-state index contributed by atoms with van der Waals surface area (Å²) in [4.78, 5) is 15.5. The fourth-order valence-electron chi connectivity index (χ4n) is 2.10. The van der Waals surface area contributed by atoms with Crippen LogP contribution in [0.3, 0.4) is 0 Å². The predicted octanol–water partition coefficient (Wildman–Crippen LogP) is 0.782. The number of aliphatic carboxylic acids is 1. The molecule has 1 saturated heterocycles.